The van der Waals surface area contributed by atoms with Gasteiger partial charge in [0.05, 0.1) is 5.02 Å². The summed E-state index contributed by atoms with van der Waals surface area (Å²) in [5.74, 6) is 0. The highest BCUT2D eigenvalue weighted by Crippen LogP contribution is 2.33. The molecule has 2 rings (SSSR count). The van der Waals surface area contributed by atoms with Gasteiger partial charge < -0.3 is 0 Å². The SMILES string of the molecule is Clc1ccc(Cl)c(-c2nc(Br)cs2)c1. The van der Waals surface area contributed by atoms with Crippen LogP contribution in [0.4, 0.5) is 0 Å². The summed E-state index contributed by atoms with van der Waals surface area (Å²) in [6.45, 7) is 0. The van der Waals surface area contributed by atoms with Crippen molar-refractivity contribution in [1.82, 2.24) is 4.98 Å². The topological polar surface area (TPSA) is 12.9 Å². The summed E-state index contributed by atoms with van der Waals surface area (Å²) < 4.78 is 0.813. The number of hydrogen-bond acceptors (Lipinski definition) is 2. The highest BCUT2D eigenvalue weighted by molar-refractivity contribution is 9.10. The van der Waals surface area contributed by atoms with Crippen LogP contribution >= 0.6 is 50.5 Å². The Balaban J connectivity index is 2.55. The van der Waals surface area contributed by atoms with Gasteiger partial charge >= 0.3 is 0 Å². The molecular weight excluding hydrogens is 305 g/mol. The van der Waals surface area contributed by atoms with E-state index in [2.05, 4.69) is 20.9 Å². The van der Waals surface area contributed by atoms with E-state index in [9.17, 15) is 0 Å². The van der Waals surface area contributed by atoms with Gasteiger partial charge in [0, 0.05) is 16.0 Å². The van der Waals surface area contributed by atoms with Gasteiger partial charge in [-0.25, -0.2) is 4.98 Å². The van der Waals surface area contributed by atoms with Crippen molar-refractivity contribution >= 4 is 50.5 Å². The molecule has 0 aliphatic heterocycles. The third-order valence-corrected chi connectivity index (χ3v) is 3.78. The number of halogens is 3. The summed E-state index contributed by atoms with van der Waals surface area (Å²) in [6, 6.07) is 5.35. The van der Waals surface area contributed by atoms with Crippen LogP contribution in [-0.4, -0.2) is 4.98 Å². The number of benzene rings is 1. The molecule has 0 bridgehead atoms. The first-order chi connectivity index (χ1) is 6.66. The average Bonchev–Trinajstić information content (AvgIpc) is 2.56. The van der Waals surface area contributed by atoms with E-state index < -0.39 is 0 Å². The van der Waals surface area contributed by atoms with Crippen LogP contribution in [0.2, 0.25) is 10.0 Å². The lowest BCUT2D eigenvalue weighted by Crippen LogP contribution is -1.78. The van der Waals surface area contributed by atoms with Gasteiger partial charge in [-0.15, -0.1) is 11.3 Å². The van der Waals surface area contributed by atoms with Crippen molar-refractivity contribution < 1.29 is 0 Å². The van der Waals surface area contributed by atoms with E-state index in [1.165, 1.54) is 11.3 Å². The largest absolute Gasteiger partial charge is 0.229 e. The average molecular weight is 309 g/mol. The molecule has 0 unspecified atom stereocenters. The van der Waals surface area contributed by atoms with Crippen LogP contribution < -0.4 is 0 Å². The summed E-state index contributed by atoms with van der Waals surface area (Å²) >= 11 is 16.7. The van der Waals surface area contributed by atoms with Gasteiger partial charge in [-0.1, -0.05) is 23.2 Å². The predicted molar refractivity (Wildman–Crippen MR) is 65.3 cm³/mol. The Morgan fingerprint density at radius 1 is 1.29 bits per heavy atom. The van der Waals surface area contributed by atoms with Crippen molar-refractivity contribution in [3.8, 4) is 10.6 Å². The Morgan fingerprint density at radius 3 is 2.71 bits per heavy atom. The molecule has 0 saturated carbocycles. The predicted octanol–water partition coefficient (Wildman–Crippen LogP) is 4.88. The Labute approximate surface area is 104 Å². The molecule has 14 heavy (non-hydrogen) atoms. The lowest BCUT2D eigenvalue weighted by Gasteiger charge is -1.99. The molecule has 0 aliphatic carbocycles. The van der Waals surface area contributed by atoms with E-state index in [0.29, 0.717) is 10.0 Å². The molecule has 0 saturated heterocycles. The summed E-state index contributed by atoms with van der Waals surface area (Å²) in [7, 11) is 0. The monoisotopic (exact) mass is 307 g/mol. The van der Waals surface area contributed by atoms with E-state index >= 15 is 0 Å². The molecule has 2 aromatic rings. The fraction of sp³-hybridized carbons (Fsp3) is 0. The first-order valence-corrected chi connectivity index (χ1v) is 6.16. The molecule has 0 spiro atoms. The minimum atomic E-state index is 0.663. The number of rotatable bonds is 1. The van der Waals surface area contributed by atoms with E-state index in [4.69, 9.17) is 23.2 Å². The van der Waals surface area contributed by atoms with Crippen LogP contribution in [0.25, 0.3) is 10.6 Å². The van der Waals surface area contributed by atoms with E-state index in [-0.39, 0.29) is 0 Å². The van der Waals surface area contributed by atoms with Crippen molar-refractivity contribution in [2.75, 3.05) is 0 Å². The second-order valence-electron chi connectivity index (χ2n) is 2.60. The Bertz CT molecular complexity index is 470. The third kappa shape index (κ3) is 2.11. The second kappa shape index (κ2) is 4.19. The molecule has 1 nitrogen and oxygen atoms in total. The molecule has 0 atom stereocenters. The molecule has 0 fully saturated rings. The van der Waals surface area contributed by atoms with Crippen LogP contribution in [0.1, 0.15) is 0 Å². The summed E-state index contributed by atoms with van der Waals surface area (Å²) in [4.78, 5) is 4.27. The minimum absolute atomic E-state index is 0.663. The normalized spacial score (nSPS) is 10.5. The smallest absolute Gasteiger partial charge is 0.126 e. The molecule has 1 aromatic heterocycles. The lowest BCUT2D eigenvalue weighted by molar-refractivity contribution is 1.36. The number of aromatic nitrogens is 1. The van der Waals surface area contributed by atoms with Crippen LogP contribution in [0.5, 0.6) is 0 Å². The third-order valence-electron chi connectivity index (χ3n) is 1.63. The first-order valence-electron chi connectivity index (χ1n) is 3.73. The van der Waals surface area contributed by atoms with Crippen LogP contribution in [0.15, 0.2) is 28.2 Å². The molecule has 0 N–H and O–H groups in total. The number of thiazole rings is 1. The van der Waals surface area contributed by atoms with E-state index in [1.54, 1.807) is 12.1 Å². The van der Waals surface area contributed by atoms with Crippen molar-refractivity contribution in [2.24, 2.45) is 0 Å². The maximum atomic E-state index is 6.03. The van der Waals surface area contributed by atoms with Crippen LogP contribution in [0, 0.1) is 0 Å². The fourth-order valence-corrected chi connectivity index (χ4v) is 2.76. The minimum Gasteiger partial charge on any atom is -0.229 e. The van der Waals surface area contributed by atoms with Gasteiger partial charge in [0.2, 0.25) is 0 Å². The summed E-state index contributed by atoms with van der Waals surface area (Å²) in [5.41, 5.74) is 0.870. The van der Waals surface area contributed by atoms with Crippen molar-refractivity contribution in [2.45, 2.75) is 0 Å². The summed E-state index contributed by atoms with van der Waals surface area (Å²) in [5, 5.41) is 4.10. The second-order valence-corrected chi connectivity index (χ2v) is 5.11. The van der Waals surface area contributed by atoms with Crippen LogP contribution in [-0.2, 0) is 0 Å². The fourth-order valence-electron chi connectivity index (χ4n) is 1.04. The van der Waals surface area contributed by atoms with Gasteiger partial charge in [-0.05, 0) is 34.1 Å². The Hall–Kier alpha value is -0.0900. The summed E-state index contributed by atoms with van der Waals surface area (Å²) in [6.07, 6.45) is 0. The molecule has 0 radical (unpaired) electrons. The van der Waals surface area contributed by atoms with Crippen molar-refractivity contribution in [1.29, 1.82) is 0 Å². The van der Waals surface area contributed by atoms with E-state index in [1.807, 2.05) is 11.4 Å². The molecule has 72 valence electrons. The van der Waals surface area contributed by atoms with Gasteiger partial charge in [0.25, 0.3) is 0 Å². The first kappa shape index (κ1) is 10.4. The van der Waals surface area contributed by atoms with Gasteiger partial charge in [0.1, 0.15) is 9.61 Å². The number of hydrogen-bond donors (Lipinski definition) is 0. The zero-order chi connectivity index (χ0) is 10.1. The van der Waals surface area contributed by atoms with Crippen molar-refractivity contribution in [3.05, 3.63) is 38.2 Å². The highest BCUT2D eigenvalue weighted by atomic mass is 79.9. The van der Waals surface area contributed by atoms with Crippen molar-refractivity contribution in [3.63, 3.8) is 0 Å². The quantitative estimate of drug-likeness (QED) is 0.731. The van der Waals surface area contributed by atoms with Gasteiger partial charge in [-0.2, -0.15) is 0 Å². The molecule has 1 aromatic carbocycles. The maximum absolute atomic E-state index is 6.03. The van der Waals surface area contributed by atoms with Gasteiger partial charge in [-0.3, -0.25) is 0 Å². The van der Waals surface area contributed by atoms with Crippen LogP contribution in [0.3, 0.4) is 0 Å². The molecule has 0 aliphatic rings. The molecule has 1 heterocycles. The van der Waals surface area contributed by atoms with Gasteiger partial charge in [0.15, 0.2) is 0 Å². The Morgan fingerprint density at radius 2 is 2.07 bits per heavy atom. The molecule has 0 amide bonds. The lowest BCUT2D eigenvalue weighted by atomic mass is 10.2. The maximum Gasteiger partial charge on any atom is 0.126 e. The zero-order valence-electron chi connectivity index (χ0n) is 6.80. The zero-order valence-corrected chi connectivity index (χ0v) is 10.7. The molecule has 5 heteroatoms. The Kier molecular flexibility index (Phi) is 3.12. The van der Waals surface area contributed by atoms with E-state index in [0.717, 1.165) is 15.2 Å². The standard InChI is InChI=1S/C9H4BrCl2NS/c10-8-4-14-9(13-8)6-3-5(11)1-2-7(6)12/h1-4H. The number of nitrogens with zero attached hydrogens (tertiary/aromatic N) is 1. The highest BCUT2D eigenvalue weighted by Gasteiger charge is 2.07. The molecular formula is C9H4BrCl2NS.